The Balaban J connectivity index is 5.27. The molecule has 0 saturated carbocycles. The Labute approximate surface area is 588 Å². The van der Waals surface area contributed by atoms with Crippen LogP contribution in [0, 0.1) is 11.8 Å². The normalized spacial score (nSPS) is 14.0. The first kappa shape index (κ1) is 94.1. The van der Waals surface area contributed by atoms with Gasteiger partial charge in [-0.3, -0.25) is 37.3 Å². The van der Waals surface area contributed by atoms with E-state index in [2.05, 4.69) is 41.5 Å². The predicted molar refractivity (Wildman–Crippen MR) is 391 cm³/mol. The van der Waals surface area contributed by atoms with Gasteiger partial charge in [0.2, 0.25) is 0 Å². The maximum atomic E-state index is 13.1. The lowest BCUT2D eigenvalue weighted by atomic mass is 10.0. The second-order valence-corrected chi connectivity index (χ2v) is 31.6. The minimum absolute atomic E-state index is 0.107. The molecule has 17 nitrogen and oxygen atoms in total. The maximum Gasteiger partial charge on any atom is 0.472 e. The molecular weight excluding hydrogens is 1260 g/mol. The highest BCUT2D eigenvalue weighted by Crippen LogP contribution is 2.45. The lowest BCUT2D eigenvalue weighted by Gasteiger charge is -2.21. The van der Waals surface area contributed by atoms with Crippen molar-refractivity contribution < 1.29 is 80.2 Å². The number of carbonyl (C=O) groups excluding carboxylic acids is 4. The van der Waals surface area contributed by atoms with Gasteiger partial charge in [0.1, 0.15) is 19.3 Å². The molecule has 2 unspecified atom stereocenters. The fourth-order valence-corrected chi connectivity index (χ4v) is 13.4. The highest BCUT2D eigenvalue weighted by molar-refractivity contribution is 7.47. The molecule has 0 aliphatic heterocycles. The molecule has 19 heteroatoms. The van der Waals surface area contributed by atoms with Crippen molar-refractivity contribution in [1.29, 1.82) is 0 Å². The van der Waals surface area contributed by atoms with Gasteiger partial charge in [0.15, 0.2) is 12.2 Å². The highest BCUT2D eigenvalue weighted by Gasteiger charge is 2.30. The molecule has 0 aliphatic rings. The lowest BCUT2D eigenvalue weighted by Crippen LogP contribution is -2.30. The Hall–Kier alpha value is -1.94. The molecule has 570 valence electrons. The van der Waals surface area contributed by atoms with Crippen molar-refractivity contribution in [1.82, 2.24) is 0 Å². The summed E-state index contributed by atoms with van der Waals surface area (Å²) in [7, 11) is -9.91. The third kappa shape index (κ3) is 70.5. The van der Waals surface area contributed by atoms with Gasteiger partial charge in [-0.05, 0) is 37.5 Å². The molecule has 0 amide bonds. The van der Waals surface area contributed by atoms with E-state index in [9.17, 15) is 43.2 Å². The number of phosphoric acid groups is 2. The van der Waals surface area contributed by atoms with Gasteiger partial charge in [0, 0.05) is 25.7 Å². The summed E-state index contributed by atoms with van der Waals surface area (Å²) < 4.78 is 68.6. The number of rotatable bonds is 76. The summed E-state index contributed by atoms with van der Waals surface area (Å²) in [5.41, 5.74) is 0. The quantitative estimate of drug-likeness (QED) is 0.0222. The van der Waals surface area contributed by atoms with Crippen LogP contribution in [-0.2, 0) is 65.4 Å². The molecule has 96 heavy (non-hydrogen) atoms. The first-order valence-electron chi connectivity index (χ1n) is 40.0. The molecule has 0 aliphatic carbocycles. The Kier molecular flexibility index (Phi) is 67.4. The Bertz CT molecular complexity index is 1860. The molecule has 0 radical (unpaired) electrons. The van der Waals surface area contributed by atoms with Crippen molar-refractivity contribution in [2.24, 2.45) is 11.8 Å². The van der Waals surface area contributed by atoms with Gasteiger partial charge in [-0.25, -0.2) is 9.13 Å². The van der Waals surface area contributed by atoms with Crippen molar-refractivity contribution in [2.45, 2.75) is 419 Å². The number of ether oxygens (including phenoxy) is 4. The van der Waals surface area contributed by atoms with Crippen molar-refractivity contribution >= 4 is 39.5 Å². The third-order valence-electron chi connectivity index (χ3n) is 18.0. The van der Waals surface area contributed by atoms with Gasteiger partial charge in [0.25, 0.3) is 0 Å². The molecule has 0 rings (SSSR count). The van der Waals surface area contributed by atoms with Crippen LogP contribution in [0.5, 0.6) is 0 Å². The Morgan fingerprint density at radius 3 is 0.708 bits per heavy atom. The van der Waals surface area contributed by atoms with Crippen molar-refractivity contribution in [3.05, 3.63) is 0 Å². The van der Waals surface area contributed by atoms with Gasteiger partial charge in [-0.1, -0.05) is 350 Å². The first-order chi connectivity index (χ1) is 46.4. The highest BCUT2D eigenvalue weighted by atomic mass is 31.2. The zero-order valence-corrected chi connectivity index (χ0v) is 64.5. The second-order valence-electron chi connectivity index (χ2n) is 28.7. The molecule has 0 spiro atoms. The van der Waals surface area contributed by atoms with Gasteiger partial charge in [-0.15, -0.1) is 0 Å². The number of aliphatic hydroxyl groups is 1. The SMILES string of the molecule is CCCCCCCCCCCCCCCCCC(=O)O[C@H](COC(=O)CCCCCCCCCCCCCC(C)C)COP(=O)(O)OC[C@@H](O)COP(=O)(O)OC[C@@H](COC(=O)CCCCCCCCCCCCCCC)OC(=O)CCCCCCCCCCCCCC(C)C. The van der Waals surface area contributed by atoms with E-state index in [1.807, 2.05) is 0 Å². The second kappa shape index (κ2) is 68.8. The molecule has 0 heterocycles. The molecule has 0 aromatic rings. The van der Waals surface area contributed by atoms with Crippen molar-refractivity contribution in [3.8, 4) is 0 Å². The fourth-order valence-electron chi connectivity index (χ4n) is 11.8. The zero-order valence-electron chi connectivity index (χ0n) is 62.7. The maximum absolute atomic E-state index is 13.1. The number of carbonyl (C=O) groups is 4. The van der Waals surface area contributed by atoms with Gasteiger partial charge in [0.05, 0.1) is 26.4 Å². The number of hydrogen-bond donors (Lipinski definition) is 3. The Morgan fingerprint density at radius 2 is 0.479 bits per heavy atom. The minimum atomic E-state index is -4.96. The van der Waals surface area contributed by atoms with Gasteiger partial charge < -0.3 is 33.8 Å². The fraction of sp³-hybridized carbons (Fsp3) is 0.948. The number of esters is 4. The molecule has 0 aromatic carbocycles. The smallest absolute Gasteiger partial charge is 0.462 e. The number of hydrogen-bond acceptors (Lipinski definition) is 15. The minimum Gasteiger partial charge on any atom is -0.462 e. The molecular formula is C77H150O17P2. The van der Waals surface area contributed by atoms with E-state index in [4.69, 9.17) is 37.0 Å². The molecule has 0 saturated heterocycles. The van der Waals surface area contributed by atoms with Crippen LogP contribution in [-0.4, -0.2) is 96.7 Å². The van der Waals surface area contributed by atoms with E-state index >= 15 is 0 Å². The zero-order chi connectivity index (χ0) is 70.7. The van der Waals surface area contributed by atoms with Crippen LogP contribution in [0.4, 0.5) is 0 Å². The molecule has 5 atom stereocenters. The van der Waals surface area contributed by atoms with Crippen LogP contribution < -0.4 is 0 Å². The molecule has 0 fully saturated rings. The summed E-state index contributed by atoms with van der Waals surface area (Å²) in [5.74, 6) is -0.574. The summed E-state index contributed by atoms with van der Waals surface area (Å²) in [4.78, 5) is 72.9. The largest absolute Gasteiger partial charge is 0.472 e. The van der Waals surface area contributed by atoms with E-state index in [1.54, 1.807) is 0 Å². The average molecular weight is 1410 g/mol. The van der Waals surface area contributed by atoms with E-state index < -0.39 is 97.5 Å². The van der Waals surface area contributed by atoms with Crippen LogP contribution in [0.3, 0.4) is 0 Å². The summed E-state index contributed by atoms with van der Waals surface area (Å²) in [6, 6.07) is 0. The van der Waals surface area contributed by atoms with Gasteiger partial charge in [-0.2, -0.15) is 0 Å². The van der Waals surface area contributed by atoms with E-state index in [1.165, 1.54) is 218 Å². The molecule has 0 bridgehead atoms. The van der Waals surface area contributed by atoms with Crippen molar-refractivity contribution in [3.63, 3.8) is 0 Å². The lowest BCUT2D eigenvalue weighted by molar-refractivity contribution is -0.161. The van der Waals surface area contributed by atoms with Crippen LogP contribution in [0.1, 0.15) is 401 Å². The first-order valence-corrected chi connectivity index (χ1v) is 43.0. The van der Waals surface area contributed by atoms with Crippen LogP contribution in [0.15, 0.2) is 0 Å². The van der Waals surface area contributed by atoms with E-state index in [-0.39, 0.29) is 25.7 Å². The van der Waals surface area contributed by atoms with Gasteiger partial charge >= 0.3 is 39.5 Å². The van der Waals surface area contributed by atoms with E-state index in [0.717, 1.165) is 102 Å². The van der Waals surface area contributed by atoms with Crippen LogP contribution >= 0.6 is 15.6 Å². The van der Waals surface area contributed by atoms with Crippen LogP contribution in [0.25, 0.3) is 0 Å². The monoisotopic (exact) mass is 1410 g/mol. The van der Waals surface area contributed by atoms with E-state index in [0.29, 0.717) is 25.7 Å². The number of phosphoric ester groups is 2. The third-order valence-corrected chi connectivity index (χ3v) is 19.9. The average Bonchev–Trinajstić information content (AvgIpc) is 2.42. The number of unbranched alkanes of at least 4 members (excludes halogenated alkanes) is 46. The molecule has 3 N–H and O–H groups in total. The standard InChI is InChI=1S/C77H150O17P2/c1-7-9-11-13-15-17-19-21-22-24-30-37-43-49-55-61-76(81)93-72(66-88-75(80)60-54-48-42-36-31-25-27-33-39-45-51-57-69(3)4)67-91-95(83,84)89-63-71(78)64-90-96(85,86)92-68-73(65-87-74(79)59-53-47-41-35-29-23-20-18-16-14-12-10-8-2)94-77(82)62-56-50-44-38-32-26-28-34-40-46-52-58-70(5)6/h69-73,78H,7-68H2,1-6H3,(H,83,84)(H,85,86)/t71-,72-,73-/m1/s1. The predicted octanol–water partition coefficient (Wildman–Crippen LogP) is 22.7. The topological polar surface area (TPSA) is 237 Å². The van der Waals surface area contributed by atoms with Crippen LogP contribution in [0.2, 0.25) is 0 Å². The summed E-state index contributed by atoms with van der Waals surface area (Å²) in [6.07, 6.45) is 56.7. The van der Waals surface area contributed by atoms with Crippen molar-refractivity contribution in [2.75, 3.05) is 39.6 Å². The molecule has 0 aromatic heterocycles. The summed E-state index contributed by atoms with van der Waals surface area (Å²) >= 11 is 0. The number of aliphatic hydroxyl groups excluding tert-OH is 1. The Morgan fingerprint density at radius 1 is 0.281 bits per heavy atom. The summed E-state index contributed by atoms with van der Waals surface area (Å²) in [5, 5.41) is 10.6. The summed E-state index contributed by atoms with van der Waals surface area (Å²) in [6.45, 7) is 9.62.